The molecule has 102 valence electrons. The topological polar surface area (TPSA) is 81.4 Å². The molecule has 3 N–H and O–H groups in total. The lowest BCUT2D eigenvalue weighted by atomic mass is 10.00. The third-order valence-electron chi connectivity index (χ3n) is 3.02. The minimum Gasteiger partial charge on any atom is -0.378 e. The number of nitrogens with one attached hydrogen (secondary N) is 1. The van der Waals surface area contributed by atoms with Gasteiger partial charge in [0.25, 0.3) is 0 Å². The summed E-state index contributed by atoms with van der Waals surface area (Å²) in [7, 11) is -3.31. The Hall–Kier alpha value is -0.170. The molecule has 2 unspecified atom stereocenters. The van der Waals surface area contributed by atoms with E-state index >= 15 is 0 Å². The molecule has 0 aromatic carbocycles. The highest BCUT2D eigenvalue weighted by atomic mass is 32.2. The molecule has 0 aromatic heterocycles. The van der Waals surface area contributed by atoms with Crippen LogP contribution in [-0.4, -0.2) is 39.5 Å². The van der Waals surface area contributed by atoms with Gasteiger partial charge in [-0.1, -0.05) is 13.3 Å². The Morgan fingerprint density at radius 3 is 2.88 bits per heavy atom. The lowest BCUT2D eigenvalue weighted by molar-refractivity contribution is -0.00303. The summed E-state index contributed by atoms with van der Waals surface area (Å²) < 4.78 is 27.2. The van der Waals surface area contributed by atoms with E-state index in [-0.39, 0.29) is 5.75 Å². The van der Waals surface area contributed by atoms with Gasteiger partial charge in [-0.05, 0) is 32.2 Å². The van der Waals surface area contributed by atoms with E-state index < -0.39 is 10.0 Å². The maximum absolute atomic E-state index is 10.7. The molecule has 6 heteroatoms. The highest BCUT2D eigenvalue weighted by Crippen LogP contribution is 2.17. The Labute approximate surface area is 104 Å². The van der Waals surface area contributed by atoms with E-state index in [9.17, 15) is 8.42 Å². The van der Waals surface area contributed by atoms with E-state index in [2.05, 4.69) is 12.2 Å². The van der Waals surface area contributed by atoms with E-state index in [0.717, 1.165) is 32.3 Å². The minimum absolute atomic E-state index is 0.0572. The van der Waals surface area contributed by atoms with Gasteiger partial charge in [0.2, 0.25) is 10.0 Å². The lowest BCUT2D eigenvalue weighted by Crippen LogP contribution is -2.39. The molecule has 0 saturated carbocycles. The molecule has 1 aliphatic heterocycles. The molecule has 1 fully saturated rings. The molecule has 0 radical (unpaired) electrons. The average molecular weight is 264 g/mol. The van der Waals surface area contributed by atoms with E-state index in [1.165, 1.54) is 0 Å². The summed E-state index contributed by atoms with van der Waals surface area (Å²) in [6.07, 6.45) is 5.23. The second-order valence-corrected chi connectivity index (χ2v) is 6.41. The summed E-state index contributed by atoms with van der Waals surface area (Å²) in [5.74, 6) is 0.0572. The normalized spacial score (nSPS) is 26.0. The van der Waals surface area contributed by atoms with Crippen molar-refractivity contribution in [3.8, 4) is 0 Å². The van der Waals surface area contributed by atoms with Gasteiger partial charge in [-0.15, -0.1) is 0 Å². The van der Waals surface area contributed by atoms with Gasteiger partial charge < -0.3 is 10.1 Å². The molecule has 1 heterocycles. The molecule has 1 saturated heterocycles. The Morgan fingerprint density at radius 1 is 1.47 bits per heavy atom. The van der Waals surface area contributed by atoms with Crippen molar-refractivity contribution in [1.29, 1.82) is 0 Å². The molecule has 0 aliphatic carbocycles. The van der Waals surface area contributed by atoms with E-state index in [1.807, 2.05) is 0 Å². The third-order valence-corrected chi connectivity index (χ3v) is 3.87. The van der Waals surface area contributed by atoms with Crippen molar-refractivity contribution >= 4 is 10.0 Å². The number of hydrogen-bond acceptors (Lipinski definition) is 4. The summed E-state index contributed by atoms with van der Waals surface area (Å²) in [5, 5.41) is 8.32. The predicted octanol–water partition coefficient (Wildman–Crippen LogP) is 0.602. The molecule has 0 spiro atoms. The number of hydrogen-bond donors (Lipinski definition) is 2. The fraction of sp³-hybridized carbons (Fsp3) is 1.00. The third kappa shape index (κ3) is 6.98. The van der Waals surface area contributed by atoms with Gasteiger partial charge in [0.15, 0.2) is 0 Å². The zero-order valence-corrected chi connectivity index (χ0v) is 11.3. The van der Waals surface area contributed by atoms with Gasteiger partial charge in [0.1, 0.15) is 0 Å². The van der Waals surface area contributed by atoms with Crippen LogP contribution in [0.5, 0.6) is 0 Å². The first kappa shape index (κ1) is 14.9. The van der Waals surface area contributed by atoms with Crippen LogP contribution < -0.4 is 10.5 Å². The quantitative estimate of drug-likeness (QED) is 0.660. The summed E-state index contributed by atoms with van der Waals surface area (Å²) in [4.78, 5) is 0. The standard InChI is InChI=1S/C11H24N2O3S/c1-2-4-11-9-10(5-7-16-11)13-6-3-8-17(12,14)15/h10-11,13H,2-9H2,1H3,(H2,12,14,15). The van der Waals surface area contributed by atoms with Crippen molar-refractivity contribution in [2.75, 3.05) is 18.9 Å². The second kappa shape index (κ2) is 7.31. The van der Waals surface area contributed by atoms with E-state index in [0.29, 0.717) is 25.1 Å². The largest absolute Gasteiger partial charge is 0.378 e. The van der Waals surface area contributed by atoms with Crippen molar-refractivity contribution in [2.45, 2.75) is 51.2 Å². The highest BCUT2D eigenvalue weighted by molar-refractivity contribution is 7.89. The number of rotatable bonds is 7. The first-order valence-electron chi connectivity index (χ1n) is 6.36. The SMILES string of the molecule is CCCC1CC(NCCCS(N)(=O)=O)CCO1. The van der Waals surface area contributed by atoms with Crippen LogP contribution in [0.25, 0.3) is 0 Å². The van der Waals surface area contributed by atoms with Gasteiger partial charge in [-0.3, -0.25) is 0 Å². The Kier molecular flexibility index (Phi) is 6.40. The highest BCUT2D eigenvalue weighted by Gasteiger charge is 2.21. The molecule has 1 aliphatic rings. The zero-order valence-electron chi connectivity index (χ0n) is 10.5. The predicted molar refractivity (Wildman–Crippen MR) is 68.3 cm³/mol. The summed E-state index contributed by atoms with van der Waals surface area (Å²) >= 11 is 0. The van der Waals surface area contributed by atoms with Crippen LogP contribution in [0.4, 0.5) is 0 Å². The van der Waals surface area contributed by atoms with Gasteiger partial charge >= 0.3 is 0 Å². The molecule has 0 bridgehead atoms. The summed E-state index contributed by atoms with van der Waals surface area (Å²) in [6.45, 7) is 3.67. The Balaban J connectivity index is 2.14. The number of nitrogens with two attached hydrogens (primary N) is 1. The molecule has 0 aromatic rings. The smallest absolute Gasteiger partial charge is 0.209 e. The Bertz CT molecular complexity index is 304. The first-order chi connectivity index (χ1) is 8.01. The van der Waals surface area contributed by atoms with Crippen molar-refractivity contribution < 1.29 is 13.2 Å². The van der Waals surface area contributed by atoms with Crippen LogP contribution >= 0.6 is 0 Å². The van der Waals surface area contributed by atoms with Crippen molar-refractivity contribution in [3.63, 3.8) is 0 Å². The fourth-order valence-electron chi connectivity index (χ4n) is 2.17. The second-order valence-electron chi connectivity index (χ2n) is 4.68. The monoisotopic (exact) mass is 264 g/mol. The first-order valence-corrected chi connectivity index (χ1v) is 8.08. The molecule has 5 nitrogen and oxygen atoms in total. The number of sulfonamides is 1. The maximum atomic E-state index is 10.7. The van der Waals surface area contributed by atoms with Crippen LogP contribution in [0.2, 0.25) is 0 Å². The number of primary sulfonamides is 1. The molecule has 17 heavy (non-hydrogen) atoms. The van der Waals surface area contributed by atoms with Gasteiger partial charge in [0.05, 0.1) is 11.9 Å². The van der Waals surface area contributed by atoms with Crippen LogP contribution in [0.3, 0.4) is 0 Å². The van der Waals surface area contributed by atoms with E-state index in [4.69, 9.17) is 9.88 Å². The average Bonchev–Trinajstić information content (AvgIpc) is 2.24. The molecule has 2 atom stereocenters. The summed E-state index contributed by atoms with van der Waals surface area (Å²) in [5.41, 5.74) is 0. The molecular weight excluding hydrogens is 240 g/mol. The van der Waals surface area contributed by atoms with Crippen molar-refractivity contribution in [3.05, 3.63) is 0 Å². The zero-order chi connectivity index (χ0) is 12.7. The van der Waals surface area contributed by atoms with Crippen LogP contribution in [-0.2, 0) is 14.8 Å². The van der Waals surface area contributed by atoms with Crippen LogP contribution in [0.15, 0.2) is 0 Å². The number of ether oxygens (including phenoxy) is 1. The molecule has 1 rings (SSSR count). The van der Waals surface area contributed by atoms with Crippen molar-refractivity contribution in [1.82, 2.24) is 5.32 Å². The van der Waals surface area contributed by atoms with E-state index in [1.54, 1.807) is 0 Å². The maximum Gasteiger partial charge on any atom is 0.209 e. The fourth-order valence-corrected chi connectivity index (χ4v) is 2.71. The van der Waals surface area contributed by atoms with Gasteiger partial charge in [-0.2, -0.15) is 0 Å². The van der Waals surface area contributed by atoms with Gasteiger partial charge in [-0.25, -0.2) is 13.6 Å². The van der Waals surface area contributed by atoms with Crippen LogP contribution in [0.1, 0.15) is 39.0 Å². The summed E-state index contributed by atoms with van der Waals surface area (Å²) in [6, 6.07) is 0.459. The molecule has 0 amide bonds. The van der Waals surface area contributed by atoms with Crippen LogP contribution in [0, 0.1) is 0 Å². The lowest BCUT2D eigenvalue weighted by Gasteiger charge is -2.30. The minimum atomic E-state index is -3.31. The molecular formula is C11H24N2O3S. The van der Waals surface area contributed by atoms with Crippen molar-refractivity contribution in [2.24, 2.45) is 5.14 Å². The van der Waals surface area contributed by atoms with Gasteiger partial charge in [0, 0.05) is 12.6 Å². The Morgan fingerprint density at radius 2 is 2.24 bits per heavy atom.